The van der Waals surface area contributed by atoms with E-state index < -0.39 is 0 Å². The van der Waals surface area contributed by atoms with Crippen LogP contribution in [0.25, 0.3) is 17.3 Å². The summed E-state index contributed by atoms with van der Waals surface area (Å²) in [6, 6.07) is 11.4. The number of thiazole rings is 1. The van der Waals surface area contributed by atoms with Crippen LogP contribution in [0.15, 0.2) is 57.6 Å². The largest absolute Gasteiger partial charge is 0.461 e. The van der Waals surface area contributed by atoms with Gasteiger partial charge in [-0.05, 0) is 49.2 Å². The number of benzene rings is 1. The van der Waals surface area contributed by atoms with Crippen LogP contribution in [-0.4, -0.2) is 31.7 Å². The summed E-state index contributed by atoms with van der Waals surface area (Å²) in [5.74, 6) is 1.72. The topological polar surface area (TPSA) is 85.8 Å². The minimum atomic E-state index is -0.0844. The highest BCUT2D eigenvalue weighted by Gasteiger charge is 2.20. The number of amides is 1. The highest BCUT2D eigenvalue weighted by molar-refractivity contribution is 7.98. The molecule has 1 aliphatic rings. The molecule has 0 atom stereocenters. The number of thioether (sulfide) groups is 1. The molecular formula is C23H22ClN5O2S2. The van der Waals surface area contributed by atoms with Gasteiger partial charge in [0.05, 0.1) is 12.0 Å². The summed E-state index contributed by atoms with van der Waals surface area (Å²) in [6.45, 7) is 0. The first kappa shape index (κ1) is 22.2. The van der Waals surface area contributed by atoms with Crippen molar-refractivity contribution in [2.75, 3.05) is 0 Å². The average Bonchev–Trinajstić information content (AvgIpc) is 3.59. The predicted octanol–water partition coefficient (Wildman–Crippen LogP) is 5.99. The highest BCUT2D eigenvalue weighted by atomic mass is 35.5. The molecule has 0 spiro atoms. The predicted molar refractivity (Wildman–Crippen MR) is 130 cm³/mol. The molecule has 1 aliphatic carbocycles. The molecule has 170 valence electrons. The van der Waals surface area contributed by atoms with Crippen LogP contribution in [0, 0.1) is 0 Å². The van der Waals surface area contributed by atoms with E-state index in [0.29, 0.717) is 33.2 Å². The lowest BCUT2D eigenvalue weighted by molar-refractivity contribution is 0.0923. The minimum Gasteiger partial charge on any atom is -0.461 e. The highest BCUT2D eigenvalue weighted by Crippen LogP contribution is 2.31. The zero-order valence-corrected chi connectivity index (χ0v) is 20.1. The zero-order valence-electron chi connectivity index (χ0n) is 17.7. The molecule has 1 fully saturated rings. The van der Waals surface area contributed by atoms with Crippen LogP contribution < -0.4 is 5.32 Å². The number of rotatable bonds is 7. The SMILES string of the molecule is O=C(NC1CCCCC1)c1csc(CSc2nnc(-c3ccco3)n2-c2ccc(Cl)cc2)n1. The van der Waals surface area contributed by atoms with Crippen LogP contribution in [0.3, 0.4) is 0 Å². The fourth-order valence-corrected chi connectivity index (χ4v) is 5.74. The Morgan fingerprint density at radius 3 is 2.76 bits per heavy atom. The number of nitrogens with one attached hydrogen (secondary N) is 1. The standard InChI is InChI=1S/C23H22ClN5O2S2/c24-15-8-10-17(11-9-15)29-21(19-7-4-12-31-19)27-28-23(29)33-14-20-26-18(13-32-20)22(30)25-16-5-2-1-3-6-16/h4,7-13,16H,1-3,5-6,14H2,(H,25,30). The van der Waals surface area contributed by atoms with Crippen molar-refractivity contribution in [3.05, 3.63) is 63.8 Å². The summed E-state index contributed by atoms with van der Waals surface area (Å²) in [5.41, 5.74) is 1.36. The Balaban J connectivity index is 1.32. The molecule has 0 bridgehead atoms. The molecule has 0 radical (unpaired) electrons. The van der Waals surface area contributed by atoms with Crippen molar-refractivity contribution in [2.24, 2.45) is 0 Å². The van der Waals surface area contributed by atoms with Crippen molar-refractivity contribution >= 4 is 40.6 Å². The monoisotopic (exact) mass is 499 g/mol. The van der Waals surface area contributed by atoms with Gasteiger partial charge in [-0.15, -0.1) is 21.5 Å². The molecular weight excluding hydrogens is 478 g/mol. The molecule has 1 saturated carbocycles. The third-order valence-electron chi connectivity index (χ3n) is 5.51. The summed E-state index contributed by atoms with van der Waals surface area (Å²) >= 11 is 9.07. The summed E-state index contributed by atoms with van der Waals surface area (Å²) in [7, 11) is 0. The molecule has 3 aromatic heterocycles. The van der Waals surface area contributed by atoms with Gasteiger partial charge >= 0.3 is 0 Å². The van der Waals surface area contributed by atoms with Crippen LogP contribution in [0.2, 0.25) is 5.02 Å². The number of aromatic nitrogens is 4. The van der Waals surface area contributed by atoms with Gasteiger partial charge in [0.2, 0.25) is 5.82 Å². The van der Waals surface area contributed by atoms with Crippen molar-refractivity contribution in [3.63, 3.8) is 0 Å². The number of furan rings is 1. The first-order chi connectivity index (χ1) is 16.2. The van der Waals surface area contributed by atoms with Gasteiger partial charge in [-0.3, -0.25) is 9.36 Å². The summed E-state index contributed by atoms with van der Waals surface area (Å²) in [6.07, 6.45) is 7.33. The van der Waals surface area contributed by atoms with Crippen LogP contribution in [-0.2, 0) is 5.75 Å². The molecule has 0 aliphatic heterocycles. The zero-order chi connectivity index (χ0) is 22.6. The first-order valence-corrected chi connectivity index (χ1v) is 13.0. The van der Waals surface area contributed by atoms with Crippen LogP contribution >= 0.6 is 34.7 Å². The van der Waals surface area contributed by atoms with Gasteiger partial charge in [-0.25, -0.2) is 4.98 Å². The summed E-state index contributed by atoms with van der Waals surface area (Å²) < 4.78 is 7.49. The van der Waals surface area contributed by atoms with E-state index in [4.69, 9.17) is 16.0 Å². The number of carbonyl (C=O) groups excluding carboxylic acids is 1. The van der Waals surface area contributed by atoms with E-state index in [9.17, 15) is 4.79 Å². The Kier molecular flexibility index (Phi) is 6.80. The van der Waals surface area contributed by atoms with Gasteiger partial charge in [0.1, 0.15) is 10.7 Å². The fourth-order valence-electron chi connectivity index (χ4n) is 3.87. The molecule has 1 N–H and O–H groups in total. The van der Waals surface area contributed by atoms with Gasteiger partial charge in [-0.2, -0.15) is 0 Å². The summed E-state index contributed by atoms with van der Waals surface area (Å²) in [5, 5.41) is 15.9. The van der Waals surface area contributed by atoms with Gasteiger partial charge in [0.15, 0.2) is 10.9 Å². The number of nitrogens with zero attached hydrogens (tertiary/aromatic N) is 4. The molecule has 1 amide bonds. The van der Waals surface area contributed by atoms with Crippen molar-refractivity contribution in [3.8, 4) is 17.3 Å². The second-order valence-corrected chi connectivity index (χ2v) is 10.1. The second-order valence-electron chi connectivity index (χ2n) is 7.82. The minimum absolute atomic E-state index is 0.0844. The quantitative estimate of drug-likeness (QED) is 0.314. The Hall–Kier alpha value is -2.62. The van der Waals surface area contributed by atoms with E-state index in [1.54, 1.807) is 6.26 Å². The number of hydrogen-bond acceptors (Lipinski definition) is 7. The Morgan fingerprint density at radius 2 is 2.00 bits per heavy atom. The Labute approximate surface area is 204 Å². The number of hydrogen-bond donors (Lipinski definition) is 1. The fraction of sp³-hybridized carbons (Fsp3) is 0.304. The van der Waals surface area contributed by atoms with E-state index in [0.717, 1.165) is 23.5 Å². The first-order valence-electron chi connectivity index (χ1n) is 10.8. The van der Waals surface area contributed by atoms with Crippen molar-refractivity contribution in [1.29, 1.82) is 0 Å². The van der Waals surface area contributed by atoms with Crippen LogP contribution in [0.1, 0.15) is 47.6 Å². The Bertz CT molecular complexity index is 1210. The lowest BCUT2D eigenvalue weighted by Crippen LogP contribution is -2.36. The molecule has 5 rings (SSSR count). The van der Waals surface area contributed by atoms with Gasteiger partial charge in [0.25, 0.3) is 5.91 Å². The molecule has 0 saturated heterocycles. The third kappa shape index (κ3) is 5.15. The maximum atomic E-state index is 12.6. The van der Waals surface area contributed by atoms with Crippen LogP contribution in [0.5, 0.6) is 0 Å². The molecule has 3 heterocycles. The molecule has 4 aromatic rings. The van der Waals surface area contributed by atoms with Crippen molar-refractivity contribution < 1.29 is 9.21 Å². The maximum Gasteiger partial charge on any atom is 0.270 e. The van der Waals surface area contributed by atoms with Crippen LogP contribution in [0.4, 0.5) is 0 Å². The smallest absolute Gasteiger partial charge is 0.270 e. The molecule has 10 heteroatoms. The van der Waals surface area contributed by atoms with Gasteiger partial charge in [0, 0.05) is 22.1 Å². The lowest BCUT2D eigenvalue weighted by atomic mass is 9.95. The van der Waals surface area contributed by atoms with E-state index in [1.807, 2.05) is 46.3 Å². The maximum absolute atomic E-state index is 12.6. The lowest BCUT2D eigenvalue weighted by Gasteiger charge is -2.22. The van der Waals surface area contributed by atoms with E-state index in [-0.39, 0.29) is 11.9 Å². The molecule has 33 heavy (non-hydrogen) atoms. The second kappa shape index (κ2) is 10.1. The van der Waals surface area contributed by atoms with E-state index in [2.05, 4.69) is 20.5 Å². The number of carbonyl (C=O) groups is 1. The molecule has 0 unspecified atom stereocenters. The summed E-state index contributed by atoms with van der Waals surface area (Å²) in [4.78, 5) is 17.1. The van der Waals surface area contributed by atoms with Gasteiger partial charge < -0.3 is 9.73 Å². The average molecular weight is 500 g/mol. The third-order valence-corrected chi connectivity index (χ3v) is 7.73. The molecule has 7 nitrogen and oxygen atoms in total. The van der Waals surface area contributed by atoms with E-state index >= 15 is 0 Å². The number of halogens is 1. The van der Waals surface area contributed by atoms with Gasteiger partial charge in [-0.1, -0.05) is 42.6 Å². The van der Waals surface area contributed by atoms with Crippen molar-refractivity contribution in [2.45, 2.75) is 49.1 Å². The van der Waals surface area contributed by atoms with Crippen molar-refractivity contribution in [1.82, 2.24) is 25.1 Å². The van der Waals surface area contributed by atoms with E-state index in [1.165, 1.54) is 42.4 Å². The normalized spacial score (nSPS) is 14.5. The molecule has 1 aromatic carbocycles. The Morgan fingerprint density at radius 1 is 1.18 bits per heavy atom.